The van der Waals surface area contributed by atoms with Crippen LogP contribution in [0.4, 0.5) is 0 Å². The average molecular weight is 401 g/mol. The second kappa shape index (κ2) is 9.15. The first-order valence-electron chi connectivity index (χ1n) is 8.62. The lowest BCUT2D eigenvalue weighted by molar-refractivity contribution is 0.528. The zero-order chi connectivity index (χ0) is 19.1. The van der Waals surface area contributed by atoms with E-state index >= 15 is 0 Å². The third-order valence-corrected chi connectivity index (χ3v) is 5.88. The molecule has 3 aromatic carbocycles. The number of hydrogen-bond acceptors (Lipinski definition) is 3. The molecule has 4 nitrogen and oxygen atoms in total. The molecule has 0 aliphatic rings. The van der Waals surface area contributed by atoms with Crippen molar-refractivity contribution < 1.29 is 8.42 Å². The fourth-order valence-electron chi connectivity index (χ4n) is 2.73. The van der Waals surface area contributed by atoms with Crippen LogP contribution in [0.3, 0.4) is 0 Å². The summed E-state index contributed by atoms with van der Waals surface area (Å²) in [6.45, 7) is 1.08. The van der Waals surface area contributed by atoms with Crippen molar-refractivity contribution in [3.63, 3.8) is 0 Å². The Kier molecular flexibility index (Phi) is 6.63. The van der Waals surface area contributed by atoms with Crippen molar-refractivity contribution in [2.45, 2.75) is 17.5 Å². The monoisotopic (exact) mass is 400 g/mol. The molecule has 0 spiro atoms. The van der Waals surface area contributed by atoms with Crippen LogP contribution in [0.5, 0.6) is 0 Å². The molecule has 0 aliphatic heterocycles. The summed E-state index contributed by atoms with van der Waals surface area (Å²) in [7, 11) is -3.62. The van der Waals surface area contributed by atoms with Gasteiger partial charge in [0.05, 0.1) is 10.9 Å². The summed E-state index contributed by atoms with van der Waals surface area (Å²) in [5, 5.41) is 4.01. The summed E-state index contributed by atoms with van der Waals surface area (Å²) >= 11 is 5.91. The maximum absolute atomic E-state index is 12.7. The van der Waals surface area contributed by atoms with E-state index in [9.17, 15) is 8.42 Å². The summed E-state index contributed by atoms with van der Waals surface area (Å²) in [4.78, 5) is 0.253. The Morgan fingerprint density at radius 3 is 2.04 bits per heavy atom. The fourth-order valence-corrected chi connectivity index (χ4v) is 4.10. The predicted molar refractivity (Wildman–Crippen MR) is 109 cm³/mol. The summed E-state index contributed by atoms with van der Waals surface area (Å²) < 4.78 is 28.3. The molecule has 3 rings (SSSR count). The van der Waals surface area contributed by atoms with E-state index in [1.165, 1.54) is 0 Å². The predicted octanol–water partition coefficient (Wildman–Crippen LogP) is 4.15. The van der Waals surface area contributed by atoms with Gasteiger partial charge in [0.25, 0.3) is 0 Å². The normalized spacial score (nSPS) is 12.6. The topological polar surface area (TPSA) is 58.2 Å². The van der Waals surface area contributed by atoms with Gasteiger partial charge in [-0.15, -0.1) is 0 Å². The molecule has 6 heteroatoms. The molecule has 27 heavy (non-hydrogen) atoms. The quantitative estimate of drug-likeness (QED) is 0.597. The van der Waals surface area contributed by atoms with E-state index in [2.05, 4.69) is 10.0 Å². The fraction of sp³-hybridized carbons (Fsp3) is 0.143. The number of rotatable bonds is 8. The van der Waals surface area contributed by atoms with E-state index in [1.807, 2.05) is 54.6 Å². The number of benzene rings is 3. The van der Waals surface area contributed by atoms with Gasteiger partial charge in [0.15, 0.2) is 0 Å². The number of nitrogens with one attached hydrogen (secondary N) is 2. The standard InChI is InChI=1S/C21H21ClN2O2S/c22-19-13-11-17(12-14-19)15-23-16-21(18-7-3-1-4-8-18)24-27(25,26)20-9-5-2-6-10-20/h1-14,21,23-24H,15-16H2/t21-/m1/s1. The van der Waals surface area contributed by atoms with Crippen LogP contribution in [-0.4, -0.2) is 15.0 Å². The first kappa shape index (κ1) is 19.6. The Hall–Kier alpha value is -2.18. The van der Waals surface area contributed by atoms with Gasteiger partial charge in [-0.05, 0) is 35.4 Å². The van der Waals surface area contributed by atoms with Crippen molar-refractivity contribution in [3.05, 3.63) is 101 Å². The van der Waals surface area contributed by atoms with Crippen molar-refractivity contribution in [3.8, 4) is 0 Å². The molecule has 0 radical (unpaired) electrons. The number of sulfonamides is 1. The van der Waals surface area contributed by atoms with E-state index in [4.69, 9.17) is 11.6 Å². The van der Waals surface area contributed by atoms with E-state index in [0.29, 0.717) is 18.1 Å². The molecule has 0 unspecified atom stereocenters. The molecule has 0 aliphatic carbocycles. The SMILES string of the molecule is O=S(=O)(N[C@H](CNCc1ccc(Cl)cc1)c1ccccc1)c1ccccc1. The van der Waals surface area contributed by atoms with Gasteiger partial charge in [-0.25, -0.2) is 13.1 Å². The Labute approximate surface area is 165 Å². The summed E-state index contributed by atoms with van der Waals surface area (Å²) in [6.07, 6.45) is 0. The van der Waals surface area contributed by atoms with Crippen LogP contribution in [0.1, 0.15) is 17.2 Å². The summed E-state index contributed by atoms with van der Waals surface area (Å²) in [5.74, 6) is 0. The van der Waals surface area contributed by atoms with Crippen LogP contribution in [0.15, 0.2) is 89.8 Å². The molecule has 1 atom stereocenters. The van der Waals surface area contributed by atoms with Crippen LogP contribution in [0, 0.1) is 0 Å². The molecular formula is C21H21ClN2O2S. The lowest BCUT2D eigenvalue weighted by Crippen LogP contribution is -2.35. The molecule has 0 saturated carbocycles. The van der Waals surface area contributed by atoms with Gasteiger partial charge in [-0.2, -0.15) is 0 Å². The third kappa shape index (κ3) is 5.65. The second-order valence-corrected chi connectivity index (χ2v) is 8.31. The smallest absolute Gasteiger partial charge is 0.241 e. The first-order valence-corrected chi connectivity index (χ1v) is 10.5. The summed E-state index contributed by atoms with van der Waals surface area (Å²) in [5.41, 5.74) is 1.98. The summed E-state index contributed by atoms with van der Waals surface area (Å²) in [6, 6.07) is 25.1. The first-order chi connectivity index (χ1) is 13.0. The average Bonchev–Trinajstić information content (AvgIpc) is 2.70. The van der Waals surface area contributed by atoms with Crippen molar-refractivity contribution in [2.75, 3.05) is 6.54 Å². The number of hydrogen-bond donors (Lipinski definition) is 2. The lowest BCUT2D eigenvalue weighted by atomic mass is 10.1. The van der Waals surface area contributed by atoms with Gasteiger partial charge >= 0.3 is 0 Å². The maximum Gasteiger partial charge on any atom is 0.241 e. The zero-order valence-electron chi connectivity index (χ0n) is 14.7. The van der Waals surface area contributed by atoms with Crippen molar-refractivity contribution in [1.82, 2.24) is 10.0 Å². The van der Waals surface area contributed by atoms with E-state index in [1.54, 1.807) is 30.3 Å². The largest absolute Gasteiger partial charge is 0.311 e. The van der Waals surface area contributed by atoms with Crippen molar-refractivity contribution >= 4 is 21.6 Å². The van der Waals surface area contributed by atoms with Crippen molar-refractivity contribution in [1.29, 1.82) is 0 Å². The van der Waals surface area contributed by atoms with Crippen LogP contribution < -0.4 is 10.0 Å². The highest BCUT2D eigenvalue weighted by Gasteiger charge is 2.21. The van der Waals surface area contributed by atoms with Gasteiger partial charge < -0.3 is 5.32 Å². The Bertz CT molecular complexity index is 946. The molecule has 3 aromatic rings. The van der Waals surface area contributed by atoms with Crippen molar-refractivity contribution in [2.24, 2.45) is 0 Å². The molecule has 0 fully saturated rings. The Morgan fingerprint density at radius 1 is 0.815 bits per heavy atom. The molecule has 0 bridgehead atoms. The minimum atomic E-state index is -3.62. The lowest BCUT2D eigenvalue weighted by Gasteiger charge is -2.20. The Morgan fingerprint density at radius 2 is 1.41 bits per heavy atom. The molecule has 2 N–H and O–H groups in total. The van der Waals surface area contributed by atoms with Crippen LogP contribution in [0.25, 0.3) is 0 Å². The van der Waals surface area contributed by atoms with Crippen LogP contribution in [-0.2, 0) is 16.6 Å². The minimum Gasteiger partial charge on any atom is -0.311 e. The zero-order valence-corrected chi connectivity index (χ0v) is 16.2. The number of halogens is 1. The van der Waals surface area contributed by atoms with Crippen LogP contribution in [0.2, 0.25) is 5.02 Å². The molecule has 0 heterocycles. The van der Waals surface area contributed by atoms with E-state index in [0.717, 1.165) is 11.1 Å². The van der Waals surface area contributed by atoms with Crippen LogP contribution >= 0.6 is 11.6 Å². The highest BCUT2D eigenvalue weighted by atomic mass is 35.5. The molecule has 0 saturated heterocycles. The molecule has 0 aromatic heterocycles. The maximum atomic E-state index is 12.7. The second-order valence-electron chi connectivity index (χ2n) is 6.15. The minimum absolute atomic E-state index is 0.253. The van der Waals surface area contributed by atoms with Gasteiger partial charge in [0, 0.05) is 18.1 Å². The van der Waals surface area contributed by atoms with Gasteiger partial charge in [-0.1, -0.05) is 72.3 Å². The van der Waals surface area contributed by atoms with E-state index in [-0.39, 0.29) is 10.9 Å². The van der Waals surface area contributed by atoms with Gasteiger partial charge in [0.2, 0.25) is 10.0 Å². The highest BCUT2D eigenvalue weighted by molar-refractivity contribution is 7.89. The van der Waals surface area contributed by atoms with E-state index < -0.39 is 10.0 Å². The third-order valence-electron chi connectivity index (χ3n) is 4.14. The molecule has 0 amide bonds. The Balaban J connectivity index is 1.72. The molecular weight excluding hydrogens is 380 g/mol. The van der Waals surface area contributed by atoms with Gasteiger partial charge in [0.1, 0.15) is 0 Å². The van der Waals surface area contributed by atoms with Gasteiger partial charge in [-0.3, -0.25) is 0 Å². The highest BCUT2D eigenvalue weighted by Crippen LogP contribution is 2.17. The molecule has 140 valence electrons.